The van der Waals surface area contributed by atoms with Crippen molar-refractivity contribution in [3.63, 3.8) is 0 Å². The lowest BCUT2D eigenvalue weighted by Crippen LogP contribution is -2.14. The van der Waals surface area contributed by atoms with Gasteiger partial charge in [0.2, 0.25) is 0 Å². The van der Waals surface area contributed by atoms with Crippen LogP contribution in [0.1, 0.15) is 80.5 Å². The van der Waals surface area contributed by atoms with Crippen molar-refractivity contribution < 1.29 is 17.6 Å². The van der Waals surface area contributed by atoms with Crippen LogP contribution in [-0.4, -0.2) is 0 Å². The predicted molar refractivity (Wildman–Crippen MR) is 136 cm³/mol. The van der Waals surface area contributed by atoms with Crippen LogP contribution >= 0.6 is 0 Å². The molecule has 0 heterocycles. The average Bonchev–Trinajstić information content (AvgIpc) is 2.88. The van der Waals surface area contributed by atoms with E-state index in [9.17, 15) is 8.78 Å². The molecule has 1 saturated carbocycles. The molecule has 0 nitrogen and oxygen atoms in total. The molecular weight excluding hydrogens is 448 g/mol. The van der Waals surface area contributed by atoms with E-state index in [1.165, 1.54) is 18.9 Å². The molecule has 0 aliphatic heterocycles. The van der Waals surface area contributed by atoms with E-state index in [0.29, 0.717) is 29.0 Å². The molecule has 0 saturated heterocycles. The number of halogens is 4. The smallest absolute Gasteiger partial charge is 0.166 e. The molecule has 0 atom stereocenters. The van der Waals surface area contributed by atoms with Crippen LogP contribution in [0.15, 0.2) is 48.5 Å². The Morgan fingerprint density at radius 2 is 1.43 bits per heavy atom. The molecule has 184 valence electrons. The third-order valence-electron chi connectivity index (χ3n) is 7.35. The van der Waals surface area contributed by atoms with Crippen LogP contribution in [0.3, 0.4) is 0 Å². The summed E-state index contributed by atoms with van der Waals surface area (Å²) in [6.07, 6.45) is 9.96. The van der Waals surface area contributed by atoms with Crippen molar-refractivity contribution in [2.24, 2.45) is 5.92 Å². The molecule has 0 N–H and O–H groups in total. The normalized spacial score (nSPS) is 18.3. The van der Waals surface area contributed by atoms with Gasteiger partial charge in [0.05, 0.1) is 0 Å². The highest BCUT2D eigenvalue weighted by Gasteiger charge is 2.26. The maximum absolute atomic E-state index is 15.0. The summed E-state index contributed by atoms with van der Waals surface area (Å²) in [5, 5.41) is 0. The van der Waals surface area contributed by atoms with Crippen molar-refractivity contribution in [2.45, 2.75) is 64.7 Å². The highest BCUT2D eigenvalue weighted by Crippen LogP contribution is 2.40. The van der Waals surface area contributed by atoms with Gasteiger partial charge in [0.15, 0.2) is 23.3 Å². The summed E-state index contributed by atoms with van der Waals surface area (Å²) in [6.45, 7) is 3.96. The first-order valence-corrected chi connectivity index (χ1v) is 12.7. The van der Waals surface area contributed by atoms with E-state index >= 15 is 8.78 Å². The van der Waals surface area contributed by atoms with Gasteiger partial charge in [-0.3, -0.25) is 0 Å². The van der Waals surface area contributed by atoms with E-state index in [4.69, 9.17) is 0 Å². The Hall–Kier alpha value is -2.88. The third kappa shape index (κ3) is 5.52. The van der Waals surface area contributed by atoms with E-state index in [-0.39, 0.29) is 17.0 Å². The van der Waals surface area contributed by atoms with Crippen molar-refractivity contribution >= 4 is 12.2 Å². The number of aryl methyl sites for hydroxylation is 1. The fraction of sp³-hybridized carbons (Fsp3) is 0.355. The third-order valence-corrected chi connectivity index (χ3v) is 7.35. The molecule has 0 bridgehead atoms. The van der Waals surface area contributed by atoms with Gasteiger partial charge in [-0.05, 0) is 66.2 Å². The van der Waals surface area contributed by atoms with Gasteiger partial charge in [0.25, 0.3) is 0 Å². The Bertz CT molecular complexity index is 1190. The average molecular weight is 481 g/mol. The zero-order valence-electron chi connectivity index (χ0n) is 20.4. The second kappa shape index (κ2) is 11.2. The molecule has 0 radical (unpaired) electrons. The SMILES string of the molecule is CCCC1CCC(c2ccc(-c3ccc(C=Cc4ccc(CC)c(F)c4F)cc3)c(F)c2F)CC1. The summed E-state index contributed by atoms with van der Waals surface area (Å²) in [7, 11) is 0. The van der Waals surface area contributed by atoms with Gasteiger partial charge >= 0.3 is 0 Å². The summed E-state index contributed by atoms with van der Waals surface area (Å²) in [6, 6.07) is 13.5. The molecule has 35 heavy (non-hydrogen) atoms. The van der Waals surface area contributed by atoms with Crippen LogP contribution < -0.4 is 0 Å². The number of rotatable bonds is 7. The van der Waals surface area contributed by atoms with Crippen LogP contribution in [0.2, 0.25) is 0 Å². The van der Waals surface area contributed by atoms with Crippen LogP contribution in [0.4, 0.5) is 17.6 Å². The summed E-state index contributed by atoms with van der Waals surface area (Å²) in [5.74, 6) is -2.44. The Morgan fingerprint density at radius 3 is 2.09 bits per heavy atom. The number of benzene rings is 3. The quantitative estimate of drug-likeness (QED) is 0.233. The highest BCUT2D eigenvalue weighted by atomic mass is 19.2. The number of hydrogen-bond donors (Lipinski definition) is 0. The Kier molecular flexibility index (Phi) is 8.10. The molecule has 0 amide bonds. The minimum absolute atomic E-state index is 0.0794. The first-order valence-electron chi connectivity index (χ1n) is 12.7. The zero-order valence-corrected chi connectivity index (χ0v) is 20.4. The van der Waals surface area contributed by atoms with Gasteiger partial charge in [-0.2, -0.15) is 0 Å². The molecule has 4 rings (SSSR count). The maximum atomic E-state index is 15.0. The fourth-order valence-electron chi connectivity index (χ4n) is 5.24. The lowest BCUT2D eigenvalue weighted by Gasteiger charge is -2.29. The van der Waals surface area contributed by atoms with Gasteiger partial charge < -0.3 is 0 Å². The molecule has 3 aromatic rings. The predicted octanol–water partition coefficient (Wildman–Crippen LogP) is 9.72. The van der Waals surface area contributed by atoms with Crippen molar-refractivity contribution in [2.75, 3.05) is 0 Å². The molecule has 1 aliphatic rings. The fourth-order valence-corrected chi connectivity index (χ4v) is 5.24. The molecule has 0 unspecified atom stereocenters. The minimum Gasteiger partial charge on any atom is -0.203 e. The molecule has 0 spiro atoms. The van der Waals surface area contributed by atoms with E-state index in [0.717, 1.165) is 31.2 Å². The zero-order chi connectivity index (χ0) is 24.9. The second-order valence-electron chi connectivity index (χ2n) is 9.59. The monoisotopic (exact) mass is 480 g/mol. The first kappa shape index (κ1) is 25.2. The van der Waals surface area contributed by atoms with Crippen LogP contribution in [0.25, 0.3) is 23.3 Å². The summed E-state index contributed by atoms with van der Waals surface area (Å²) in [4.78, 5) is 0. The van der Waals surface area contributed by atoms with Gasteiger partial charge in [-0.1, -0.05) is 87.4 Å². The van der Waals surface area contributed by atoms with Gasteiger partial charge in [-0.25, -0.2) is 17.6 Å². The summed E-state index contributed by atoms with van der Waals surface area (Å²) >= 11 is 0. The van der Waals surface area contributed by atoms with Crippen molar-refractivity contribution in [3.05, 3.63) is 94.1 Å². The van der Waals surface area contributed by atoms with Gasteiger partial charge in [-0.15, -0.1) is 0 Å². The van der Waals surface area contributed by atoms with Crippen LogP contribution in [-0.2, 0) is 6.42 Å². The first-order chi connectivity index (χ1) is 16.9. The molecule has 1 fully saturated rings. The van der Waals surface area contributed by atoms with Gasteiger partial charge in [0.1, 0.15) is 0 Å². The molecule has 0 aromatic heterocycles. The maximum Gasteiger partial charge on any atom is 0.166 e. The highest BCUT2D eigenvalue weighted by molar-refractivity contribution is 5.72. The second-order valence-corrected chi connectivity index (χ2v) is 9.59. The van der Waals surface area contributed by atoms with E-state index < -0.39 is 23.3 Å². The van der Waals surface area contributed by atoms with Crippen LogP contribution in [0.5, 0.6) is 0 Å². The minimum atomic E-state index is -0.867. The summed E-state index contributed by atoms with van der Waals surface area (Å²) in [5.41, 5.74) is 2.54. The Morgan fingerprint density at radius 1 is 0.714 bits per heavy atom. The van der Waals surface area contributed by atoms with Crippen LogP contribution in [0, 0.1) is 29.2 Å². The van der Waals surface area contributed by atoms with E-state index in [1.54, 1.807) is 61.5 Å². The van der Waals surface area contributed by atoms with E-state index in [2.05, 4.69) is 6.92 Å². The lowest BCUT2D eigenvalue weighted by atomic mass is 9.77. The van der Waals surface area contributed by atoms with Crippen molar-refractivity contribution in [1.29, 1.82) is 0 Å². The van der Waals surface area contributed by atoms with Crippen molar-refractivity contribution in [3.8, 4) is 11.1 Å². The molecular formula is C31H32F4. The molecule has 1 aliphatic carbocycles. The number of hydrogen-bond acceptors (Lipinski definition) is 0. The standard InChI is InChI=1S/C31H32F4/c1-3-5-20-6-11-23(12-7-20)26-18-19-27(31(35)30(26)34)24-13-8-21(9-14-24)10-15-25-17-16-22(4-2)28(32)29(25)33/h8-10,13-20,23H,3-7,11-12H2,1-2H3. The topological polar surface area (TPSA) is 0 Å². The van der Waals surface area contributed by atoms with Crippen molar-refractivity contribution in [1.82, 2.24) is 0 Å². The summed E-state index contributed by atoms with van der Waals surface area (Å²) < 4.78 is 58.3. The largest absolute Gasteiger partial charge is 0.203 e. The lowest BCUT2D eigenvalue weighted by molar-refractivity contribution is 0.303. The van der Waals surface area contributed by atoms with E-state index in [1.807, 2.05) is 0 Å². The molecule has 3 aromatic carbocycles. The Balaban J connectivity index is 1.49. The van der Waals surface area contributed by atoms with Gasteiger partial charge in [0, 0.05) is 11.1 Å². The Labute approximate surface area is 205 Å². The molecule has 4 heteroatoms.